The van der Waals surface area contributed by atoms with Crippen LogP contribution < -0.4 is 13.7 Å². The van der Waals surface area contributed by atoms with E-state index in [4.69, 9.17) is 25.0 Å². The first-order valence-corrected chi connectivity index (χ1v) is 22.4. The minimum atomic E-state index is -3.87. The van der Waals surface area contributed by atoms with Gasteiger partial charge in [0.05, 0.1) is 0 Å². The van der Waals surface area contributed by atoms with Crippen molar-refractivity contribution in [2.45, 2.75) is 71.6 Å². The molecule has 0 radical (unpaired) electrons. The maximum absolute atomic E-state index is 5.76. The predicted octanol–water partition coefficient (Wildman–Crippen LogP) is 8.09. The standard InChI is InChI=1S/C42H40GeN8/c1-5-14-30(15-6-2)38-45-39(31-16-8-7-9-17-31)47-41(46-38)49-40-26(3)27(4)48-51(40)43(34-20-12-10-18-32(34)33-19-11-13-21-35(33)43)50-37-29-24-22-28(23-25-29)36(37)44-42(49)50/h5,7-21,28-29H,6,22-25H2,1-4H3/b14-5-,30-15+. The molecule has 8 nitrogen and oxygen atoms in total. The monoisotopic (exact) mass is 730 g/mol. The zero-order chi connectivity index (χ0) is 34.4. The molecule has 11 rings (SSSR count). The number of hydrogen-bond acceptors (Lipinski definition) is 6. The molecule has 6 aromatic rings. The summed E-state index contributed by atoms with van der Waals surface area (Å²) < 4.78 is 8.03. The second-order valence-corrected chi connectivity index (χ2v) is 21.2. The Kier molecular flexibility index (Phi) is 6.90. The maximum atomic E-state index is 5.76. The van der Waals surface area contributed by atoms with Gasteiger partial charge < -0.3 is 0 Å². The van der Waals surface area contributed by atoms with Crippen molar-refractivity contribution in [2.24, 2.45) is 0 Å². The molecule has 0 saturated heterocycles. The van der Waals surface area contributed by atoms with Crippen LogP contribution in [0.3, 0.4) is 0 Å². The second kappa shape index (κ2) is 11.5. The van der Waals surface area contributed by atoms with Gasteiger partial charge >= 0.3 is 303 Å². The number of anilines is 3. The van der Waals surface area contributed by atoms with Crippen molar-refractivity contribution in [2.75, 3.05) is 4.90 Å². The number of benzene rings is 3. The Bertz CT molecular complexity index is 2380. The van der Waals surface area contributed by atoms with Crippen LogP contribution in [0.4, 0.5) is 17.7 Å². The first-order chi connectivity index (χ1) is 25.0. The van der Waals surface area contributed by atoms with Crippen molar-refractivity contribution < 1.29 is 0 Å². The summed E-state index contributed by atoms with van der Waals surface area (Å²) in [5.74, 6) is 4.76. The molecule has 3 aromatic carbocycles. The number of hydrogen-bond donors (Lipinski definition) is 0. The van der Waals surface area contributed by atoms with Crippen molar-refractivity contribution in [1.82, 2.24) is 32.2 Å². The van der Waals surface area contributed by atoms with E-state index in [9.17, 15) is 0 Å². The summed E-state index contributed by atoms with van der Waals surface area (Å²) in [6, 6.07) is 28.4. The van der Waals surface area contributed by atoms with E-state index in [-0.39, 0.29) is 0 Å². The van der Waals surface area contributed by atoms with E-state index in [2.05, 4.69) is 112 Å². The molecule has 3 aliphatic carbocycles. The van der Waals surface area contributed by atoms with Gasteiger partial charge in [-0.1, -0.05) is 0 Å². The molecule has 1 spiro atoms. The Balaban J connectivity index is 1.34. The summed E-state index contributed by atoms with van der Waals surface area (Å²) in [5, 5.41) is 5.56. The van der Waals surface area contributed by atoms with Gasteiger partial charge in [-0.25, -0.2) is 0 Å². The summed E-state index contributed by atoms with van der Waals surface area (Å²) >= 11 is -3.87. The number of allylic oxidation sites excluding steroid dienone is 4. The van der Waals surface area contributed by atoms with Gasteiger partial charge in [-0.05, 0) is 0 Å². The molecule has 0 amide bonds. The first-order valence-electron chi connectivity index (χ1n) is 18.4. The molecule has 5 heterocycles. The van der Waals surface area contributed by atoms with Crippen LogP contribution in [-0.4, -0.2) is 45.9 Å². The number of rotatable bonds is 5. The Hall–Kier alpha value is -5.09. The zero-order valence-electron chi connectivity index (χ0n) is 29.5. The van der Waals surface area contributed by atoms with Crippen molar-refractivity contribution in [1.29, 1.82) is 0 Å². The normalized spacial score (nSPS) is 19.3. The van der Waals surface area contributed by atoms with Crippen LogP contribution in [-0.2, 0) is 0 Å². The molecule has 1 fully saturated rings. The third-order valence-corrected chi connectivity index (χ3v) is 20.8. The topological polar surface area (TPSA) is 77.5 Å². The predicted molar refractivity (Wildman–Crippen MR) is 206 cm³/mol. The molecule has 51 heavy (non-hydrogen) atoms. The number of fused-ring (bicyclic) bond motifs is 11. The molecule has 2 bridgehead atoms. The van der Waals surface area contributed by atoms with Crippen molar-refractivity contribution in [3.05, 3.63) is 126 Å². The molecule has 9 heteroatoms. The molecule has 2 aliphatic heterocycles. The van der Waals surface area contributed by atoms with Gasteiger partial charge in [0.15, 0.2) is 0 Å². The van der Waals surface area contributed by atoms with Crippen LogP contribution >= 0.6 is 0 Å². The average Bonchev–Trinajstić information content (AvgIpc) is 3.83. The molecule has 1 saturated carbocycles. The number of nitrogens with zero attached hydrogens (tertiary/aromatic N) is 8. The molecular weight excluding hydrogens is 689 g/mol. The van der Waals surface area contributed by atoms with Crippen LogP contribution in [0, 0.1) is 13.8 Å². The van der Waals surface area contributed by atoms with Gasteiger partial charge in [0, 0.05) is 0 Å². The Labute approximate surface area is 301 Å². The van der Waals surface area contributed by atoms with Gasteiger partial charge in [0.25, 0.3) is 0 Å². The number of aryl methyl sites for hydroxylation is 1. The van der Waals surface area contributed by atoms with E-state index in [0.717, 1.165) is 40.6 Å². The van der Waals surface area contributed by atoms with Crippen molar-refractivity contribution in [3.8, 4) is 22.5 Å². The first kappa shape index (κ1) is 30.7. The fraction of sp³-hybridized carbons (Fsp3) is 0.262. The molecule has 0 N–H and O–H groups in total. The van der Waals surface area contributed by atoms with Gasteiger partial charge in [0.1, 0.15) is 0 Å². The molecule has 0 unspecified atom stereocenters. The summed E-state index contributed by atoms with van der Waals surface area (Å²) in [7, 11) is 0. The van der Waals surface area contributed by atoms with E-state index in [1.165, 1.54) is 57.0 Å². The SMILES string of the molecule is C/C=C\C(=C/CC)c1nc(-c2ccccc2)nc(N2c3c(C)c(C)n[n]3[Ge]3([c]4ccccc4-c4cccc[c]43)[n]3c2nc2c3C3CCC2CC3)n1. The Morgan fingerprint density at radius 1 is 0.804 bits per heavy atom. The van der Waals surface area contributed by atoms with E-state index in [1.54, 1.807) is 0 Å². The van der Waals surface area contributed by atoms with E-state index in [1.807, 2.05) is 25.1 Å². The van der Waals surface area contributed by atoms with Crippen LogP contribution in [0.15, 0.2) is 97.1 Å². The third kappa shape index (κ3) is 4.17. The Morgan fingerprint density at radius 2 is 1.47 bits per heavy atom. The molecule has 0 atom stereocenters. The van der Waals surface area contributed by atoms with E-state index in [0.29, 0.717) is 29.4 Å². The van der Waals surface area contributed by atoms with Gasteiger partial charge in [-0.2, -0.15) is 0 Å². The summed E-state index contributed by atoms with van der Waals surface area (Å²) in [6.07, 6.45) is 12.0. The van der Waals surface area contributed by atoms with Crippen LogP contribution in [0.1, 0.15) is 86.3 Å². The second-order valence-electron chi connectivity index (χ2n) is 14.3. The third-order valence-electron chi connectivity index (χ3n) is 11.6. The zero-order valence-corrected chi connectivity index (χ0v) is 31.6. The summed E-state index contributed by atoms with van der Waals surface area (Å²) in [4.78, 5) is 23.8. The van der Waals surface area contributed by atoms with Crippen molar-refractivity contribution in [3.63, 3.8) is 0 Å². The molecule has 3 aromatic heterocycles. The molecule has 252 valence electrons. The Morgan fingerprint density at radius 3 is 2.16 bits per heavy atom. The minimum absolute atomic E-state index is 0.467. The fourth-order valence-electron chi connectivity index (χ4n) is 9.30. The van der Waals surface area contributed by atoms with Crippen LogP contribution in [0.25, 0.3) is 28.1 Å². The van der Waals surface area contributed by atoms with Crippen LogP contribution in [0.2, 0.25) is 0 Å². The number of imidazole rings is 1. The van der Waals surface area contributed by atoms with Gasteiger partial charge in [-0.3, -0.25) is 0 Å². The summed E-state index contributed by atoms with van der Waals surface area (Å²) in [6.45, 7) is 8.54. The van der Waals surface area contributed by atoms with E-state index >= 15 is 0 Å². The summed E-state index contributed by atoms with van der Waals surface area (Å²) in [5.41, 5.74) is 9.42. The van der Waals surface area contributed by atoms with Gasteiger partial charge in [-0.15, -0.1) is 0 Å². The van der Waals surface area contributed by atoms with Crippen LogP contribution in [0.5, 0.6) is 0 Å². The van der Waals surface area contributed by atoms with Gasteiger partial charge in [0.2, 0.25) is 0 Å². The van der Waals surface area contributed by atoms with E-state index < -0.39 is 13.7 Å². The molecular formula is C42H40GeN8. The van der Waals surface area contributed by atoms with Crippen molar-refractivity contribution >= 4 is 45.8 Å². The quantitative estimate of drug-likeness (QED) is 0.132. The number of aromatic nitrogens is 7. The fourth-order valence-corrected chi connectivity index (χ4v) is 20.2. The molecule has 5 aliphatic rings. The average molecular weight is 729 g/mol.